The number of hydrogen-bond donors (Lipinski definition) is 2. The molecule has 1 fully saturated rings. The van der Waals surface area contributed by atoms with Crippen LogP contribution in [0.3, 0.4) is 0 Å². The predicted octanol–water partition coefficient (Wildman–Crippen LogP) is 3.46. The minimum absolute atomic E-state index is 0.0115. The molecule has 2 N–H and O–H groups in total. The van der Waals surface area contributed by atoms with E-state index in [0.29, 0.717) is 30.0 Å². The first kappa shape index (κ1) is 16.0. The molecule has 6 heteroatoms. The van der Waals surface area contributed by atoms with E-state index in [1.807, 2.05) is 0 Å². The topological polar surface area (TPSA) is 88.5 Å². The third-order valence-corrected chi connectivity index (χ3v) is 4.29. The maximum Gasteiger partial charge on any atom is 0.310 e. The van der Waals surface area contributed by atoms with Crippen molar-refractivity contribution < 1.29 is 19.4 Å². The molecule has 0 aliphatic heterocycles. The summed E-state index contributed by atoms with van der Waals surface area (Å²) in [4.78, 5) is 27.3. The molecule has 0 saturated heterocycles. The number of nitrogens with one attached hydrogen (secondary N) is 1. The Balaban J connectivity index is 1.58. The number of carboxylic acid groups (broad SMARTS) is 1. The van der Waals surface area contributed by atoms with E-state index < -0.39 is 11.4 Å². The monoisotopic (exact) mass is 326 g/mol. The van der Waals surface area contributed by atoms with E-state index >= 15 is 0 Å². The summed E-state index contributed by atoms with van der Waals surface area (Å²) >= 11 is 0. The quantitative estimate of drug-likeness (QED) is 0.848. The Morgan fingerprint density at radius 1 is 1.08 bits per heavy atom. The second-order valence-corrected chi connectivity index (χ2v) is 5.97. The first-order chi connectivity index (χ1) is 11.6. The van der Waals surface area contributed by atoms with Gasteiger partial charge in [-0.2, -0.15) is 0 Å². The van der Waals surface area contributed by atoms with Crippen LogP contribution in [-0.4, -0.2) is 22.0 Å². The Morgan fingerprint density at radius 3 is 2.25 bits per heavy atom. The Bertz CT molecular complexity index is 724. The second kappa shape index (κ2) is 6.70. The lowest BCUT2D eigenvalue weighted by molar-refractivity contribution is -0.157. The van der Waals surface area contributed by atoms with Gasteiger partial charge in [-0.15, -0.1) is 0 Å². The van der Waals surface area contributed by atoms with Gasteiger partial charge < -0.3 is 15.2 Å². The van der Waals surface area contributed by atoms with Gasteiger partial charge in [0.1, 0.15) is 11.5 Å². The van der Waals surface area contributed by atoms with E-state index in [0.717, 1.165) is 6.42 Å². The minimum Gasteiger partial charge on any atom is -0.481 e. The molecule has 1 aliphatic rings. The number of nitrogens with zero attached hydrogens (tertiary/aromatic N) is 1. The third-order valence-electron chi connectivity index (χ3n) is 4.29. The van der Waals surface area contributed by atoms with Gasteiger partial charge >= 0.3 is 5.97 Å². The number of hydrogen-bond acceptors (Lipinski definition) is 4. The average molecular weight is 326 g/mol. The highest BCUT2D eigenvalue weighted by Crippen LogP contribution is 2.44. The summed E-state index contributed by atoms with van der Waals surface area (Å²) < 4.78 is 5.65. The molecular weight excluding hydrogens is 308 g/mol. The molecule has 1 amide bonds. The highest BCUT2D eigenvalue weighted by molar-refractivity contribution is 5.94. The summed E-state index contributed by atoms with van der Waals surface area (Å²) in [5, 5.41) is 12.0. The van der Waals surface area contributed by atoms with Crippen molar-refractivity contribution in [1.29, 1.82) is 0 Å². The molecular formula is C18H18N2O4. The van der Waals surface area contributed by atoms with Gasteiger partial charge in [0.25, 0.3) is 0 Å². The number of carbonyl (C=O) groups excluding carboxylic acids is 1. The van der Waals surface area contributed by atoms with Crippen LogP contribution in [0.4, 0.5) is 5.69 Å². The van der Waals surface area contributed by atoms with Crippen molar-refractivity contribution in [2.24, 2.45) is 5.41 Å². The number of carbonyl (C=O) groups is 2. The number of aromatic nitrogens is 1. The summed E-state index contributed by atoms with van der Waals surface area (Å²) in [5.74, 6) is 0.153. The highest BCUT2D eigenvalue weighted by atomic mass is 16.5. The molecule has 1 aromatic carbocycles. The maximum atomic E-state index is 12.1. The first-order valence-electron chi connectivity index (χ1n) is 7.79. The van der Waals surface area contributed by atoms with Crippen molar-refractivity contribution in [3.05, 3.63) is 48.8 Å². The van der Waals surface area contributed by atoms with Gasteiger partial charge in [-0.3, -0.25) is 14.6 Å². The van der Waals surface area contributed by atoms with Crippen molar-refractivity contribution in [3.8, 4) is 11.5 Å². The van der Waals surface area contributed by atoms with Gasteiger partial charge in [0.05, 0.1) is 5.41 Å². The number of amides is 1. The van der Waals surface area contributed by atoms with Gasteiger partial charge in [-0.25, -0.2) is 0 Å². The highest BCUT2D eigenvalue weighted by Gasteiger charge is 2.45. The number of anilines is 1. The fraction of sp³-hybridized carbons (Fsp3) is 0.278. The Kier molecular flexibility index (Phi) is 4.46. The predicted molar refractivity (Wildman–Crippen MR) is 87.9 cm³/mol. The minimum atomic E-state index is -0.884. The largest absolute Gasteiger partial charge is 0.481 e. The normalized spacial score (nSPS) is 15.2. The fourth-order valence-corrected chi connectivity index (χ4v) is 2.73. The molecule has 1 heterocycles. The van der Waals surface area contributed by atoms with Gasteiger partial charge in [0.15, 0.2) is 0 Å². The molecule has 0 spiro atoms. The van der Waals surface area contributed by atoms with Crippen LogP contribution in [0.5, 0.6) is 11.5 Å². The van der Waals surface area contributed by atoms with Crippen LogP contribution in [0, 0.1) is 5.41 Å². The summed E-state index contributed by atoms with van der Waals surface area (Å²) in [7, 11) is 0. The van der Waals surface area contributed by atoms with E-state index in [9.17, 15) is 14.7 Å². The number of rotatable bonds is 6. The molecule has 124 valence electrons. The van der Waals surface area contributed by atoms with Crippen molar-refractivity contribution >= 4 is 17.6 Å². The number of ether oxygens (including phenoxy) is 1. The molecule has 1 saturated carbocycles. The van der Waals surface area contributed by atoms with Gasteiger partial charge in [-0.1, -0.05) is 6.42 Å². The van der Waals surface area contributed by atoms with Crippen molar-refractivity contribution in [2.45, 2.75) is 25.7 Å². The summed E-state index contributed by atoms with van der Waals surface area (Å²) in [6.45, 7) is 0. The summed E-state index contributed by atoms with van der Waals surface area (Å²) in [6.07, 6.45) is 5.28. The van der Waals surface area contributed by atoms with Crippen LogP contribution in [-0.2, 0) is 9.59 Å². The third kappa shape index (κ3) is 3.53. The zero-order valence-corrected chi connectivity index (χ0v) is 13.1. The Labute approximate surface area is 139 Å². The number of benzene rings is 1. The lowest BCUT2D eigenvalue weighted by Gasteiger charge is -2.36. The SMILES string of the molecule is O=C(CC1(C(=O)O)CCC1)Nc1ccc(Oc2ccncc2)cc1. The lowest BCUT2D eigenvalue weighted by atomic mass is 9.66. The van der Waals surface area contributed by atoms with Crippen molar-refractivity contribution in [3.63, 3.8) is 0 Å². The van der Waals surface area contributed by atoms with Crippen LogP contribution >= 0.6 is 0 Å². The molecule has 1 aliphatic carbocycles. The molecule has 2 aromatic rings. The van der Waals surface area contributed by atoms with Crippen LogP contribution in [0.2, 0.25) is 0 Å². The second-order valence-electron chi connectivity index (χ2n) is 5.97. The molecule has 0 unspecified atom stereocenters. The van der Waals surface area contributed by atoms with E-state index in [2.05, 4.69) is 10.3 Å². The van der Waals surface area contributed by atoms with E-state index in [4.69, 9.17) is 4.74 Å². The summed E-state index contributed by atoms with van der Waals surface area (Å²) in [6, 6.07) is 10.4. The molecule has 0 atom stereocenters. The van der Waals surface area contributed by atoms with Gasteiger partial charge in [0, 0.05) is 24.5 Å². The molecule has 0 bridgehead atoms. The molecule has 1 aromatic heterocycles. The Hall–Kier alpha value is -2.89. The van der Waals surface area contributed by atoms with Crippen LogP contribution in [0.1, 0.15) is 25.7 Å². The van der Waals surface area contributed by atoms with E-state index in [1.165, 1.54) is 0 Å². The smallest absolute Gasteiger partial charge is 0.310 e. The maximum absolute atomic E-state index is 12.1. The standard InChI is InChI=1S/C18H18N2O4/c21-16(12-18(17(22)23)8-1-9-18)20-13-2-4-14(5-3-13)24-15-6-10-19-11-7-15/h2-7,10-11H,1,8-9,12H2,(H,20,21)(H,22,23). The fourth-order valence-electron chi connectivity index (χ4n) is 2.73. The van der Waals surface area contributed by atoms with Crippen molar-refractivity contribution in [1.82, 2.24) is 4.98 Å². The van der Waals surface area contributed by atoms with E-state index in [1.54, 1.807) is 48.8 Å². The lowest BCUT2D eigenvalue weighted by Crippen LogP contribution is -2.41. The van der Waals surface area contributed by atoms with Gasteiger partial charge in [0.2, 0.25) is 5.91 Å². The van der Waals surface area contributed by atoms with Crippen LogP contribution in [0.25, 0.3) is 0 Å². The number of pyridine rings is 1. The van der Waals surface area contributed by atoms with Gasteiger partial charge in [-0.05, 0) is 49.2 Å². The van der Waals surface area contributed by atoms with Crippen LogP contribution in [0.15, 0.2) is 48.8 Å². The Morgan fingerprint density at radius 2 is 1.71 bits per heavy atom. The number of carboxylic acids is 1. The zero-order valence-electron chi connectivity index (χ0n) is 13.1. The molecule has 6 nitrogen and oxygen atoms in total. The average Bonchev–Trinajstić information content (AvgIpc) is 2.53. The molecule has 3 rings (SSSR count). The van der Waals surface area contributed by atoms with Crippen LogP contribution < -0.4 is 10.1 Å². The van der Waals surface area contributed by atoms with Crippen molar-refractivity contribution in [2.75, 3.05) is 5.32 Å². The molecule has 24 heavy (non-hydrogen) atoms. The van der Waals surface area contributed by atoms with E-state index in [-0.39, 0.29) is 12.3 Å². The molecule has 0 radical (unpaired) electrons. The number of aliphatic carboxylic acids is 1. The first-order valence-corrected chi connectivity index (χ1v) is 7.79. The summed E-state index contributed by atoms with van der Waals surface area (Å²) in [5.41, 5.74) is -0.268. The zero-order chi connectivity index (χ0) is 17.0.